The number of thiocarbonyl (C=S) groups is 1. The largest absolute Gasteiger partial charge is 0.483 e. The Morgan fingerprint density at radius 3 is 2.42 bits per heavy atom. The standard InChI is InChI=1S/C22H20BrN3O4S/c1-14-11-16(23)9-10-18(14)29-12-20(27)24-22(31)26-25-21(28)13-30-19-8-4-6-15-5-2-3-7-17(15)19/h2-11H,12-13H2,1H3,(H,25,28)(H2,24,26,27,31). The van der Waals surface area contributed by atoms with Crippen molar-refractivity contribution in [3.63, 3.8) is 0 Å². The summed E-state index contributed by atoms with van der Waals surface area (Å²) in [5.41, 5.74) is 5.73. The molecule has 0 saturated heterocycles. The van der Waals surface area contributed by atoms with E-state index < -0.39 is 11.8 Å². The Kier molecular flexibility index (Phi) is 7.80. The minimum absolute atomic E-state index is 0.0559. The predicted octanol–water partition coefficient (Wildman–Crippen LogP) is 3.39. The summed E-state index contributed by atoms with van der Waals surface area (Å²) in [5, 5.41) is 4.30. The summed E-state index contributed by atoms with van der Waals surface area (Å²) in [6.07, 6.45) is 0. The van der Waals surface area contributed by atoms with Gasteiger partial charge in [0.05, 0.1) is 0 Å². The molecule has 0 aliphatic heterocycles. The van der Waals surface area contributed by atoms with Crippen LogP contribution in [0.25, 0.3) is 10.8 Å². The topological polar surface area (TPSA) is 88.7 Å². The molecule has 0 heterocycles. The second kappa shape index (κ2) is 10.7. The second-order valence-corrected chi connectivity index (χ2v) is 7.84. The highest BCUT2D eigenvalue weighted by Gasteiger charge is 2.09. The SMILES string of the molecule is Cc1cc(Br)ccc1OCC(=O)NC(=S)NNC(=O)COc1cccc2ccccc12. The Bertz CT molecular complexity index is 1120. The lowest BCUT2D eigenvalue weighted by Gasteiger charge is -2.13. The highest BCUT2D eigenvalue weighted by molar-refractivity contribution is 9.10. The van der Waals surface area contributed by atoms with Crippen molar-refractivity contribution in [2.45, 2.75) is 6.92 Å². The highest BCUT2D eigenvalue weighted by atomic mass is 79.9. The van der Waals surface area contributed by atoms with Gasteiger partial charge in [0.2, 0.25) is 0 Å². The molecule has 0 spiro atoms. The number of benzene rings is 3. The minimum Gasteiger partial charge on any atom is -0.483 e. The Morgan fingerprint density at radius 2 is 1.61 bits per heavy atom. The van der Waals surface area contributed by atoms with Crippen molar-refractivity contribution in [1.29, 1.82) is 0 Å². The summed E-state index contributed by atoms with van der Waals surface area (Å²) in [5.74, 6) is 0.285. The number of ether oxygens (including phenoxy) is 2. The van der Waals surface area contributed by atoms with Crippen molar-refractivity contribution in [2.24, 2.45) is 0 Å². The van der Waals surface area contributed by atoms with Crippen LogP contribution in [0.5, 0.6) is 11.5 Å². The van der Waals surface area contributed by atoms with E-state index >= 15 is 0 Å². The summed E-state index contributed by atoms with van der Waals surface area (Å²) in [6, 6.07) is 18.8. The van der Waals surface area contributed by atoms with Crippen molar-refractivity contribution >= 4 is 55.8 Å². The summed E-state index contributed by atoms with van der Waals surface area (Å²) >= 11 is 8.37. The van der Waals surface area contributed by atoms with Gasteiger partial charge in [-0.15, -0.1) is 0 Å². The van der Waals surface area contributed by atoms with Crippen LogP contribution < -0.4 is 25.6 Å². The maximum Gasteiger partial charge on any atom is 0.276 e. The van der Waals surface area contributed by atoms with Crippen LogP contribution in [-0.2, 0) is 9.59 Å². The van der Waals surface area contributed by atoms with Gasteiger partial charge in [-0.25, -0.2) is 0 Å². The van der Waals surface area contributed by atoms with Gasteiger partial charge in [0.15, 0.2) is 18.3 Å². The Balaban J connectivity index is 1.39. The molecule has 0 atom stereocenters. The highest BCUT2D eigenvalue weighted by Crippen LogP contribution is 2.25. The van der Waals surface area contributed by atoms with Crippen LogP contribution in [0.4, 0.5) is 0 Å². The zero-order chi connectivity index (χ0) is 22.2. The molecule has 3 rings (SSSR count). The molecule has 0 fully saturated rings. The van der Waals surface area contributed by atoms with Gasteiger partial charge < -0.3 is 9.47 Å². The molecule has 160 valence electrons. The van der Waals surface area contributed by atoms with E-state index in [4.69, 9.17) is 21.7 Å². The first-order valence-corrected chi connectivity index (χ1v) is 10.5. The average molecular weight is 502 g/mol. The first-order chi connectivity index (χ1) is 14.9. The molecule has 31 heavy (non-hydrogen) atoms. The monoisotopic (exact) mass is 501 g/mol. The van der Waals surface area contributed by atoms with Crippen molar-refractivity contribution in [2.75, 3.05) is 13.2 Å². The van der Waals surface area contributed by atoms with E-state index in [1.165, 1.54) is 0 Å². The lowest BCUT2D eigenvalue weighted by atomic mass is 10.1. The van der Waals surface area contributed by atoms with E-state index in [-0.39, 0.29) is 18.3 Å². The number of carbonyl (C=O) groups is 2. The molecular formula is C22H20BrN3O4S. The zero-order valence-corrected chi connectivity index (χ0v) is 19.0. The van der Waals surface area contributed by atoms with Crippen LogP contribution in [0.3, 0.4) is 0 Å². The number of hydrogen-bond acceptors (Lipinski definition) is 5. The zero-order valence-electron chi connectivity index (χ0n) is 16.6. The van der Waals surface area contributed by atoms with Crippen LogP contribution in [-0.4, -0.2) is 30.1 Å². The molecule has 0 aliphatic rings. The molecule has 0 bridgehead atoms. The fraction of sp³-hybridized carbons (Fsp3) is 0.136. The van der Waals surface area contributed by atoms with E-state index in [2.05, 4.69) is 32.1 Å². The molecule has 9 heteroatoms. The van der Waals surface area contributed by atoms with Crippen LogP contribution >= 0.6 is 28.1 Å². The molecule has 0 saturated carbocycles. The molecule has 0 radical (unpaired) electrons. The molecule has 0 unspecified atom stereocenters. The molecule has 3 N–H and O–H groups in total. The molecule has 3 aromatic rings. The van der Waals surface area contributed by atoms with Gasteiger partial charge in [0.25, 0.3) is 11.8 Å². The van der Waals surface area contributed by atoms with Crippen molar-refractivity contribution < 1.29 is 19.1 Å². The van der Waals surface area contributed by atoms with Crippen LogP contribution in [0.2, 0.25) is 0 Å². The van der Waals surface area contributed by atoms with Gasteiger partial charge in [-0.05, 0) is 54.4 Å². The quantitative estimate of drug-likeness (QED) is 0.354. The molecule has 0 aromatic heterocycles. The first kappa shape index (κ1) is 22.5. The maximum atomic E-state index is 12.0. The Labute approximate surface area is 193 Å². The Hall–Kier alpha value is -3.17. The third kappa shape index (κ3) is 6.66. The number of aryl methyl sites for hydroxylation is 1. The van der Waals surface area contributed by atoms with Crippen LogP contribution in [0, 0.1) is 6.92 Å². The average Bonchev–Trinajstić information content (AvgIpc) is 2.75. The third-order valence-corrected chi connectivity index (χ3v) is 4.87. The third-order valence-electron chi connectivity index (χ3n) is 4.17. The number of nitrogens with one attached hydrogen (secondary N) is 3. The summed E-state index contributed by atoms with van der Waals surface area (Å²) in [6.45, 7) is 1.44. The maximum absolute atomic E-state index is 12.0. The van der Waals surface area contributed by atoms with Gasteiger partial charge in [0, 0.05) is 9.86 Å². The van der Waals surface area contributed by atoms with Crippen molar-refractivity contribution in [3.05, 3.63) is 70.7 Å². The van der Waals surface area contributed by atoms with E-state index in [9.17, 15) is 9.59 Å². The van der Waals surface area contributed by atoms with Gasteiger partial charge >= 0.3 is 0 Å². The predicted molar refractivity (Wildman–Crippen MR) is 126 cm³/mol. The fourth-order valence-electron chi connectivity index (χ4n) is 2.74. The molecular weight excluding hydrogens is 482 g/mol. The number of amides is 2. The number of halogens is 1. The van der Waals surface area contributed by atoms with Gasteiger partial charge in [-0.1, -0.05) is 52.3 Å². The van der Waals surface area contributed by atoms with Crippen molar-refractivity contribution in [1.82, 2.24) is 16.2 Å². The van der Waals surface area contributed by atoms with Gasteiger partial charge in [0.1, 0.15) is 11.5 Å². The normalized spacial score (nSPS) is 10.3. The van der Waals surface area contributed by atoms with Crippen LogP contribution in [0.15, 0.2) is 65.1 Å². The lowest BCUT2D eigenvalue weighted by Crippen LogP contribution is -2.50. The summed E-state index contributed by atoms with van der Waals surface area (Å²) in [7, 11) is 0. The van der Waals surface area contributed by atoms with Gasteiger partial charge in [-0.3, -0.25) is 25.8 Å². The van der Waals surface area contributed by atoms with E-state index in [0.717, 1.165) is 20.8 Å². The first-order valence-electron chi connectivity index (χ1n) is 9.30. The summed E-state index contributed by atoms with van der Waals surface area (Å²) < 4.78 is 12.0. The van der Waals surface area contributed by atoms with E-state index in [1.807, 2.05) is 55.5 Å². The van der Waals surface area contributed by atoms with E-state index in [0.29, 0.717) is 11.5 Å². The molecule has 2 amide bonds. The molecule has 0 aliphatic carbocycles. The minimum atomic E-state index is -0.457. The van der Waals surface area contributed by atoms with Crippen molar-refractivity contribution in [3.8, 4) is 11.5 Å². The second-order valence-electron chi connectivity index (χ2n) is 6.51. The molecule has 7 nitrogen and oxygen atoms in total. The fourth-order valence-corrected chi connectivity index (χ4v) is 3.38. The number of hydrogen-bond donors (Lipinski definition) is 3. The van der Waals surface area contributed by atoms with E-state index in [1.54, 1.807) is 12.1 Å². The number of rotatable bonds is 6. The number of carbonyl (C=O) groups excluding carboxylic acids is 2. The lowest BCUT2D eigenvalue weighted by molar-refractivity contribution is -0.124. The number of hydrazine groups is 1. The number of fused-ring (bicyclic) bond motifs is 1. The molecule has 3 aromatic carbocycles. The van der Waals surface area contributed by atoms with Gasteiger partial charge in [-0.2, -0.15) is 0 Å². The Morgan fingerprint density at radius 1 is 0.903 bits per heavy atom. The smallest absolute Gasteiger partial charge is 0.276 e. The van der Waals surface area contributed by atoms with Crippen LogP contribution in [0.1, 0.15) is 5.56 Å². The summed E-state index contributed by atoms with van der Waals surface area (Å²) in [4.78, 5) is 24.0.